The smallest absolute Gasteiger partial charge is 0.342 e. The van der Waals surface area contributed by atoms with Crippen LogP contribution in [0.2, 0.25) is 0 Å². The highest BCUT2D eigenvalue weighted by molar-refractivity contribution is 5.19. The lowest BCUT2D eigenvalue weighted by molar-refractivity contribution is -0.392. The number of nitro groups is 1. The molecule has 7 nitrogen and oxygen atoms in total. The molecule has 0 saturated heterocycles. The molecule has 1 N–H and O–H groups in total. The van der Waals surface area contributed by atoms with Crippen molar-refractivity contribution in [3.8, 4) is 0 Å². The van der Waals surface area contributed by atoms with E-state index in [1.807, 2.05) is 42.3 Å². The van der Waals surface area contributed by atoms with Gasteiger partial charge in [-0.1, -0.05) is 30.3 Å². The first kappa shape index (κ1) is 16.1. The van der Waals surface area contributed by atoms with Gasteiger partial charge in [-0.2, -0.15) is 0 Å². The number of aliphatic hydroxyl groups excluding tert-OH is 1. The van der Waals surface area contributed by atoms with Gasteiger partial charge in [-0.15, -0.1) is 0 Å². The Balaban J connectivity index is 1.94. The maximum Gasteiger partial charge on any atom is 0.342 e. The van der Waals surface area contributed by atoms with Gasteiger partial charge in [-0.3, -0.25) is 4.90 Å². The van der Waals surface area contributed by atoms with Crippen LogP contribution in [-0.4, -0.2) is 44.2 Å². The molecule has 22 heavy (non-hydrogen) atoms. The van der Waals surface area contributed by atoms with Gasteiger partial charge in [-0.05, 0) is 17.5 Å². The minimum Gasteiger partial charge on any atom is -0.388 e. The molecule has 1 aromatic heterocycles. The van der Waals surface area contributed by atoms with Crippen molar-refractivity contribution in [3.63, 3.8) is 0 Å². The van der Waals surface area contributed by atoms with Crippen LogP contribution in [0.4, 0.5) is 5.82 Å². The molecule has 1 heterocycles. The largest absolute Gasteiger partial charge is 0.388 e. The highest BCUT2D eigenvalue weighted by Crippen LogP contribution is 2.14. The van der Waals surface area contributed by atoms with E-state index >= 15 is 0 Å². The molecule has 2 aromatic rings. The summed E-state index contributed by atoms with van der Waals surface area (Å²) in [7, 11) is 1.91. The van der Waals surface area contributed by atoms with Crippen molar-refractivity contribution in [3.05, 3.63) is 58.0 Å². The summed E-state index contributed by atoms with van der Waals surface area (Å²) < 4.78 is 1.43. The first-order valence-electron chi connectivity index (χ1n) is 7.04. The Morgan fingerprint density at radius 3 is 2.73 bits per heavy atom. The Morgan fingerprint density at radius 2 is 2.09 bits per heavy atom. The molecule has 1 unspecified atom stereocenters. The van der Waals surface area contributed by atoms with E-state index in [0.29, 0.717) is 18.9 Å². The third-order valence-electron chi connectivity index (χ3n) is 3.43. The van der Waals surface area contributed by atoms with Crippen LogP contribution < -0.4 is 0 Å². The monoisotopic (exact) mass is 304 g/mol. The summed E-state index contributed by atoms with van der Waals surface area (Å²) in [6.07, 6.45) is 0.510. The second kappa shape index (κ2) is 7.15. The molecular weight excluding hydrogens is 284 g/mol. The van der Waals surface area contributed by atoms with Crippen molar-refractivity contribution in [1.82, 2.24) is 14.5 Å². The van der Waals surface area contributed by atoms with Crippen LogP contribution in [0.1, 0.15) is 11.4 Å². The van der Waals surface area contributed by atoms with Gasteiger partial charge in [-0.25, -0.2) is 9.55 Å². The molecule has 118 valence electrons. The number of aryl methyl sites for hydroxylation is 1. The van der Waals surface area contributed by atoms with Gasteiger partial charge in [0.15, 0.2) is 5.82 Å². The number of hydrogen-bond acceptors (Lipinski definition) is 5. The van der Waals surface area contributed by atoms with E-state index in [1.54, 1.807) is 6.92 Å². The van der Waals surface area contributed by atoms with Crippen LogP contribution in [-0.2, 0) is 13.1 Å². The summed E-state index contributed by atoms with van der Waals surface area (Å²) in [5.41, 5.74) is 1.15. The summed E-state index contributed by atoms with van der Waals surface area (Å²) in [4.78, 5) is 16.4. The van der Waals surface area contributed by atoms with Crippen LogP contribution in [0, 0.1) is 17.0 Å². The van der Waals surface area contributed by atoms with Crippen molar-refractivity contribution in [2.24, 2.45) is 0 Å². The number of rotatable bonds is 7. The first-order chi connectivity index (χ1) is 10.5. The number of aromatic nitrogens is 2. The molecule has 1 atom stereocenters. The van der Waals surface area contributed by atoms with E-state index in [2.05, 4.69) is 4.98 Å². The fourth-order valence-electron chi connectivity index (χ4n) is 2.42. The van der Waals surface area contributed by atoms with Crippen molar-refractivity contribution in [2.45, 2.75) is 26.1 Å². The highest BCUT2D eigenvalue weighted by atomic mass is 16.6. The lowest BCUT2D eigenvalue weighted by Crippen LogP contribution is -2.32. The molecule has 0 radical (unpaired) electrons. The molecule has 0 aliphatic rings. The van der Waals surface area contributed by atoms with Crippen molar-refractivity contribution in [1.29, 1.82) is 0 Å². The summed E-state index contributed by atoms with van der Waals surface area (Å²) in [5.74, 6) is 0.429. The molecule has 0 saturated carbocycles. The SMILES string of the molecule is Cc1ncc([N+](=O)[O-])n1CC(O)CN(C)Cc1ccccc1. The standard InChI is InChI=1S/C15H20N4O3/c1-12-16-8-15(19(21)22)18(12)11-14(20)10-17(2)9-13-6-4-3-5-7-13/h3-8,14,20H,9-11H2,1-2H3. The van der Waals surface area contributed by atoms with E-state index in [-0.39, 0.29) is 12.4 Å². The fourth-order valence-corrected chi connectivity index (χ4v) is 2.42. The number of benzene rings is 1. The average Bonchev–Trinajstić information content (AvgIpc) is 2.81. The molecule has 0 amide bonds. The molecule has 2 rings (SSSR count). The summed E-state index contributed by atoms with van der Waals surface area (Å²) in [6, 6.07) is 9.94. The van der Waals surface area contributed by atoms with Crippen molar-refractivity contribution >= 4 is 5.82 Å². The Labute approximate surface area is 129 Å². The Kier molecular flexibility index (Phi) is 5.24. The lowest BCUT2D eigenvalue weighted by Gasteiger charge is -2.20. The average molecular weight is 304 g/mol. The zero-order valence-corrected chi connectivity index (χ0v) is 12.7. The van der Waals surface area contributed by atoms with E-state index in [4.69, 9.17) is 0 Å². The first-order valence-corrected chi connectivity index (χ1v) is 7.04. The molecule has 0 aliphatic carbocycles. The number of aliphatic hydroxyl groups is 1. The topological polar surface area (TPSA) is 84.4 Å². The molecule has 0 bridgehead atoms. The van der Waals surface area contributed by atoms with Crippen LogP contribution in [0.15, 0.2) is 36.5 Å². The molecular formula is C15H20N4O3. The molecule has 0 fully saturated rings. The summed E-state index contributed by atoms with van der Waals surface area (Å²) >= 11 is 0. The highest BCUT2D eigenvalue weighted by Gasteiger charge is 2.21. The van der Waals surface area contributed by atoms with Crippen LogP contribution in [0.5, 0.6) is 0 Å². The third kappa shape index (κ3) is 4.12. The Hall–Kier alpha value is -2.25. The summed E-state index contributed by atoms with van der Waals surface area (Å²) in [5, 5.41) is 21.1. The zero-order chi connectivity index (χ0) is 16.1. The minimum absolute atomic E-state index is 0.0951. The second-order valence-corrected chi connectivity index (χ2v) is 5.37. The second-order valence-electron chi connectivity index (χ2n) is 5.37. The fraction of sp³-hybridized carbons (Fsp3) is 0.400. The van der Waals surface area contributed by atoms with E-state index in [0.717, 1.165) is 5.56 Å². The minimum atomic E-state index is -0.708. The normalized spacial score (nSPS) is 12.5. The predicted octanol–water partition coefficient (Wildman–Crippen LogP) is 1.59. The third-order valence-corrected chi connectivity index (χ3v) is 3.43. The number of nitrogens with zero attached hydrogens (tertiary/aromatic N) is 4. The van der Waals surface area contributed by atoms with Gasteiger partial charge in [0.05, 0.1) is 0 Å². The predicted molar refractivity (Wildman–Crippen MR) is 82.4 cm³/mol. The lowest BCUT2D eigenvalue weighted by atomic mass is 10.2. The summed E-state index contributed by atoms with van der Waals surface area (Å²) in [6.45, 7) is 2.97. The van der Waals surface area contributed by atoms with Gasteiger partial charge in [0.2, 0.25) is 0 Å². The van der Waals surface area contributed by atoms with Gasteiger partial charge in [0.1, 0.15) is 18.8 Å². The molecule has 0 aliphatic heterocycles. The van der Waals surface area contributed by atoms with Gasteiger partial charge >= 0.3 is 5.82 Å². The quantitative estimate of drug-likeness (QED) is 0.620. The maximum absolute atomic E-state index is 10.9. The van der Waals surface area contributed by atoms with Crippen LogP contribution in [0.25, 0.3) is 0 Å². The van der Waals surface area contributed by atoms with E-state index in [9.17, 15) is 15.2 Å². The number of imidazole rings is 1. The van der Waals surface area contributed by atoms with Crippen molar-refractivity contribution < 1.29 is 10.0 Å². The molecule has 0 spiro atoms. The van der Waals surface area contributed by atoms with Crippen LogP contribution >= 0.6 is 0 Å². The van der Waals surface area contributed by atoms with Gasteiger partial charge < -0.3 is 15.2 Å². The Morgan fingerprint density at radius 1 is 1.41 bits per heavy atom. The van der Waals surface area contributed by atoms with E-state index in [1.165, 1.54) is 10.8 Å². The van der Waals surface area contributed by atoms with Gasteiger partial charge in [0, 0.05) is 20.0 Å². The Bertz CT molecular complexity index is 627. The van der Waals surface area contributed by atoms with Crippen LogP contribution in [0.3, 0.4) is 0 Å². The van der Waals surface area contributed by atoms with E-state index < -0.39 is 11.0 Å². The zero-order valence-electron chi connectivity index (χ0n) is 12.7. The molecule has 1 aromatic carbocycles. The molecule has 7 heteroatoms. The number of likely N-dealkylation sites (N-methyl/N-ethyl adjacent to an activating group) is 1. The maximum atomic E-state index is 10.9. The van der Waals surface area contributed by atoms with Crippen molar-refractivity contribution in [2.75, 3.05) is 13.6 Å². The van der Waals surface area contributed by atoms with Gasteiger partial charge in [0.25, 0.3) is 0 Å². The number of hydrogen-bond donors (Lipinski definition) is 1.